The van der Waals surface area contributed by atoms with Crippen molar-refractivity contribution in [2.75, 3.05) is 25.4 Å². The normalized spacial score (nSPS) is 24.1. The van der Waals surface area contributed by atoms with Gasteiger partial charge < -0.3 is 15.8 Å². The summed E-state index contributed by atoms with van der Waals surface area (Å²) in [5.41, 5.74) is 7.86. The van der Waals surface area contributed by atoms with Crippen molar-refractivity contribution in [1.29, 1.82) is 0 Å². The molecule has 1 heterocycles. The van der Waals surface area contributed by atoms with E-state index in [0.29, 0.717) is 0 Å². The fraction of sp³-hybridized carbons (Fsp3) is 0.571. The monoisotopic (exact) mass is 234 g/mol. The zero-order valence-electron chi connectivity index (χ0n) is 10.5. The Balaban J connectivity index is 1.67. The summed E-state index contributed by atoms with van der Waals surface area (Å²) in [6, 6.07) is 8.09. The number of benzene rings is 1. The molecule has 3 heteroatoms. The first kappa shape index (κ1) is 12.4. The summed E-state index contributed by atoms with van der Waals surface area (Å²) < 4.78 is 5.73. The lowest BCUT2D eigenvalue weighted by molar-refractivity contribution is 0.0211. The molecule has 1 aliphatic heterocycles. The van der Waals surface area contributed by atoms with Crippen LogP contribution in [0.3, 0.4) is 0 Å². The maximum atomic E-state index is 5.73. The van der Waals surface area contributed by atoms with Crippen LogP contribution in [0.25, 0.3) is 0 Å². The molecule has 1 fully saturated rings. The number of rotatable bonds is 5. The molecule has 0 aliphatic carbocycles. The number of hydrogen-bond donors (Lipinski definition) is 2. The third-order valence-corrected chi connectivity index (χ3v) is 3.37. The summed E-state index contributed by atoms with van der Waals surface area (Å²) in [5, 5.41) is 3.47. The van der Waals surface area contributed by atoms with Gasteiger partial charge in [-0.25, -0.2) is 0 Å². The molecule has 1 aliphatic rings. The number of nitrogen functional groups attached to an aromatic ring is 1. The molecule has 0 aromatic heterocycles. The Labute approximate surface area is 103 Å². The predicted octanol–water partition coefficient (Wildman–Crippen LogP) is 1.97. The highest BCUT2D eigenvalue weighted by Crippen LogP contribution is 2.23. The van der Waals surface area contributed by atoms with E-state index < -0.39 is 0 Å². The second kappa shape index (κ2) is 5.52. The van der Waals surface area contributed by atoms with Gasteiger partial charge in [0.25, 0.3) is 0 Å². The van der Waals surface area contributed by atoms with Crippen molar-refractivity contribution in [2.45, 2.75) is 31.8 Å². The van der Waals surface area contributed by atoms with Gasteiger partial charge in [0.2, 0.25) is 0 Å². The van der Waals surface area contributed by atoms with Gasteiger partial charge in [-0.1, -0.05) is 12.1 Å². The molecule has 1 aromatic carbocycles. The number of hydrogen-bond acceptors (Lipinski definition) is 3. The van der Waals surface area contributed by atoms with Crippen LogP contribution in [0.4, 0.5) is 5.69 Å². The zero-order chi connectivity index (χ0) is 12.1. The van der Waals surface area contributed by atoms with Gasteiger partial charge in [-0.3, -0.25) is 0 Å². The summed E-state index contributed by atoms with van der Waals surface area (Å²) in [4.78, 5) is 0. The molecular formula is C14H22N2O. The molecule has 2 rings (SSSR count). The molecule has 0 spiro atoms. The predicted molar refractivity (Wildman–Crippen MR) is 71.0 cm³/mol. The zero-order valence-corrected chi connectivity index (χ0v) is 10.5. The Morgan fingerprint density at radius 1 is 1.35 bits per heavy atom. The van der Waals surface area contributed by atoms with Gasteiger partial charge in [-0.05, 0) is 50.4 Å². The highest BCUT2D eigenvalue weighted by molar-refractivity contribution is 5.39. The molecule has 0 radical (unpaired) electrons. The van der Waals surface area contributed by atoms with E-state index in [-0.39, 0.29) is 5.60 Å². The minimum absolute atomic E-state index is 0.0567. The Hall–Kier alpha value is -1.06. The average molecular weight is 234 g/mol. The summed E-state index contributed by atoms with van der Waals surface area (Å²) in [5.74, 6) is 0. The average Bonchev–Trinajstić information content (AvgIpc) is 2.74. The minimum Gasteiger partial charge on any atom is -0.399 e. The van der Waals surface area contributed by atoms with Crippen molar-refractivity contribution in [3.05, 3.63) is 29.8 Å². The molecule has 3 N–H and O–H groups in total. The molecule has 3 nitrogen and oxygen atoms in total. The molecule has 1 unspecified atom stereocenters. The third kappa shape index (κ3) is 3.72. The summed E-state index contributed by atoms with van der Waals surface area (Å²) >= 11 is 0. The van der Waals surface area contributed by atoms with Crippen LogP contribution in [0.5, 0.6) is 0 Å². The van der Waals surface area contributed by atoms with E-state index in [0.717, 1.165) is 31.8 Å². The molecule has 1 aromatic rings. The van der Waals surface area contributed by atoms with Crippen molar-refractivity contribution in [3.8, 4) is 0 Å². The molecule has 0 bridgehead atoms. The lowest BCUT2D eigenvalue weighted by Crippen LogP contribution is -2.37. The Morgan fingerprint density at radius 3 is 2.76 bits per heavy atom. The lowest BCUT2D eigenvalue weighted by Gasteiger charge is -2.23. The fourth-order valence-corrected chi connectivity index (χ4v) is 2.25. The smallest absolute Gasteiger partial charge is 0.0779 e. The first-order valence-corrected chi connectivity index (χ1v) is 6.37. The van der Waals surface area contributed by atoms with Gasteiger partial charge in [-0.2, -0.15) is 0 Å². The number of nitrogens with two attached hydrogens (primary N) is 1. The second-order valence-corrected chi connectivity index (χ2v) is 5.07. The highest BCUT2D eigenvalue weighted by Gasteiger charge is 2.28. The van der Waals surface area contributed by atoms with Crippen molar-refractivity contribution in [1.82, 2.24) is 5.32 Å². The Kier molecular flexibility index (Phi) is 4.02. The SMILES string of the molecule is CC1(CNCCc2ccc(N)cc2)CCCO1. The number of anilines is 1. The van der Waals surface area contributed by atoms with Crippen LogP contribution in [-0.2, 0) is 11.2 Å². The van der Waals surface area contributed by atoms with Gasteiger partial charge >= 0.3 is 0 Å². The van der Waals surface area contributed by atoms with E-state index in [1.807, 2.05) is 12.1 Å². The van der Waals surface area contributed by atoms with E-state index in [2.05, 4.69) is 24.4 Å². The summed E-state index contributed by atoms with van der Waals surface area (Å²) in [7, 11) is 0. The van der Waals surface area contributed by atoms with Crippen LogP contribution < -0.4 is 11.1 Å². The molecule has 1 saturated heterocycles. The van der Waals surface area contributed by atoms with Crippen molar-refractivity contribution in [3.63, 3.8) is 0 Å². The first-order chi connectivity index (χ1) is 8.18. The lowest BCUT2D eigenvalue weighted by atomic mass is 10.0. The number of ether oxygens (including phenoxy) is 1. The largest absolute Gasteiger partial charge is 0.399 e. The third-order valence-electron chi connectivity index (χ3n) is 3.37. The van der Waals surface area contributed by atoms with Gasteiger partial charge in [-0.15, -0.1) is 0 Å². The van der Waals surface area contributed by atoms with E-state index in [9.17, 15) is 0 Å². The maximum absolute atomic E-state index is 5.73. The topological polar surface area (TPSA) is 47.3 Å². The van der Waals surface area contributed by atoms with E-state index in [4.69, 9.17) is 10.5 Å². The summed E-state index contributed by atoms with van der Waals surface area (Å²) in [6.45, 7) is 5.04. The molecule has 0 amide bonds. The quantitative estimate of drug-likeness (QED) is 0.605. The minimum atomic E-state index is 0.0567. The maximum Gasteiger partial charge on any atom is 0.0779 e. The first-order valence-electron chi connectivity index (χ1n) is 6.37. The summed E-state index contributed by atoms with van der Waals surface area (Å²) in [6.07, 6.45) is 3.40. The molecular weight excluding hydrogens is 212 g/mol. The van der Waals surface area contributed by atoms with E-state index in [1.54, 1.807) is 0 Å². The standard InChI is InChI=1S/C14H22N2O/c1-14(8-2-10-17-14)11-16-9-7-12-3-5-13(15)6-4-12/h3-6,16H,2,7-11,15H2,1H3. The van der Waals surface area contributed by atoms with Crippen LogP contribution in [0.1, 0.15) is 25.3 Å². The Morgan fingerprint density at radius 2 is 2.12 bits per heavy atom. The van der Waals surface area contributed by atoms with Crippen molar-refractivity contribution >= 4 is 5.69 Å². The van der Waals surface area contributed by atoms with Crippen molar-refractivity contribution in [2.24, 2.45) is 0 Å². The van der Waals surface area contributed by atoms with Crippen LogP contribution in [-0.4, -0.2) is 25.3 Å². The fourth-order valence-electron chi connectivity index (χ4n) is 2.25. The van der Waals surface area contributed by atoms with E-state index in [1.165, 1.54) is 18.4 Å². The highest BCUT2D eigenvalue weighted by atomic mass is 16.5. The van der Waals surface area contributed by atoms with Crippen LogP contribution >= 0.6 is 0 Å². The van der Waals surface area contributed by atoms with Gasteiger partial charge in [0, 0.05) is 18.8 Å². The van der Waals surface area contributed by atoms with Crippen LogP contribution in [0.15, 0.2) is 24.3 Å². The molecule has 0 saturated carbocycles. The Bertz CT molecular complexity index is 342. The number of nitrogens with one attached hydrogen (secondary N) is 1. The molecule has 17 heavy (non-hydrogen) atoms. The molecule has 94 valence electrons. The van der Waals surface area contributed by atoms with Crippen LogP contribution in [0, 0.1) is 0 Å². The van der Waals surface area contributed by atoms with E-state index >= 15 is 0 Å². The van der Waals surface area contributed by atoms with Crippen molar-refractivity contribution < 1.29 is 4.74 Å². The van der Waals surface area contributed by atoms with Gasteiger partial charge in [0.15, 0.2) is 0 Å². The second-order valence-electron chi connectivity index (χ2n) is 5.07. The molecule has 1 atom stereocenters. The van der Waals surface area contributed by atoms with Crippen LogP contribution in [0.2, 0.25) is 0 Å². The van der Waals surface area contributed by atoms with Gasteiger partial charge in [0.1, 0.15) is 0 Å². The van der Waals surface area contributed by atoms with Gasteiger partial charge in [0.05, 0.1) is 5.60 Å².